The molecule has 0 atom stereocenters. The summed E-state index contributed by atoms with van der Waals surface area (Å²) < 4.78 is 11.2. The van der Waals surface area contributed by atoms with E-state index in [1.807, 2.05) is 36.4 Å². The highest BCUT2D eigenvalue weighted by Gasteiger charge is 2.16. The Labute approximate surface area is 194 Å². The Morgan fingerprint density at radius 3 is 2.58 bits per heavy atom. The molecule has 3 rings (SSSR count). The van der Waals surface area contributed by atoms with Crippen molar-refractivity contribution in [2.45, 2.75) is 6.61 Å². The third-order valence-corrected chi connectivity index (χ3v) is 4.82. The molecule has 0 fully saturated rings. The molecule has 3 aromatic carbocycles. The number of hydrogen-bond acceptors (Lipinski definition) is 6. The van der Waals surface area contributed by atoms with Crippen LogP contribution in [0.3, 0.4) is 0 Å². The molecule has 0 spiro atoms. The van der Waals surface area contributed by atoms with E-state index < -0.39 is 10.8 Å². The van der Waals surface area contributed by atoms with Gasteiger partial charge in [0.15, 0.2) is 11.5 Å². The van der Waals surface area contributed by atoms with Crippen LogP contribution >= 0.6 is 11.6 Å². The maximum absolute atomic E-state index is 12.5. The van der Waals surface area contributed by atoms with Crippen LogP contribution in [0.2, 0.25) is 5.02 Å². The summed E-state index contributed by atoms with van der Waals surface area (Å²) in [5, 5.41) is 22.9. The van der Waals surface area contributed by atoms with Gasteiger partial charge in [0.25, 0.3) is 11.6 Å². The average Bonchev–Trinajstić information content (AvgIpc) is 2.83. The van der Waals surface area contributed by atoms with Crippen LogP contribution in [0.25, 0.3) is 6.08 Å². The molecule has 0 aliphatic carbocycles. The number of nitrogens with zero attached hydrogens (tertiary/aromatic N) is 2. The predicted octanol–water partition coefficient (Wildman–Crippen LogP) is 5.38. The Kier molecular flexibility index (Phi) is 7.63. The monoisotopic (exact) mass is 463 g/mol. The number of anilines is 1. The fourth-order valence-corrected chi connectivity index (χ4v) is 3.06. The van der Waals surface area contributed by atoms with Crippen LogP contribution in [0.5, 0.6) is 11.5 Å². The molecule has 0 saturated heterocycles. The van der Waals surface area contributed by atoms with E-state index in [0.717, 1.165) is 11.6 Å². The smallest absolute Gasteiger partial charge is 0.289 e. The number of halogens is 1. The van der Waals surface area contributed by atoms with E-state index in [0.29, 0.717) is 23.7 Å². The second-order valence-corrected chi connectivity index (χ2v) is 7.14. The molecular formula is C24H18ClN3O5. The van der Waals surface area contributed by atoms with E-state index >= 15 is 0 Å². The average molecular weight is 464 g/mol. The Bertz CT molecular complexity index is 1250. The first-order chi connectivity index (χ1) is 15.9. The fourth-order valence-electron chi connectivity index (χ4n) is 2.87. The van der Waals surface area contributed by atoms with E-state index in [2.05, 4.69) is 5.32 Å². The van der Waals surface area contributed by atoms with Crippen LogP contribution in [0.15, 0.2) is 72.3 Å². The number of amides is 1. The summed E-state index contributed by atoms with van der Waals surface area (Å²) in [4.78, 5) is 22.9. The summed E-state index contributed by atoms with van der Waals surface area (Å²) in [5.41, 5.74) is 1.11. The molecular weight excluding hydrogens is 446 g/mol. The van der Waals surface area contributed by atoms with Crippen LogP contribution in [0.4, 0.5) is 11.4 Å². The highest BCUT2D eigenvalue weighted by molar-refractivity contribution is 6.32. The van der Waals surface area contributed by atoms with Gasteiger partial charge in [0.05, 0.1) is 12.0 Å². The maximum atomic E-state index is 12.5. The maximum Gasteiger partial charge on any atom is 0.289 e. The number of hydrogen-bond donors (Lipinski definition) is 1. The topological polar surface area (TPSA) is 114 Å². The zero-order valence-corrected chi connectivity index (χ0v) is 18.2. The van der Waals surface area contributed by atoms with Crippen molar-refractivity contribution >= 4 is 35.0 Å². The summed E-state index contributed by atoms with van der Waals surface area (Å²) in [6.45, 7) is 0.353. The third-order valence-electron chi connectivity index (χ3n) is 4.50. The highest BCUT2D eigenvalue weighted by Crippen LogP contribution is 2.30. The lowest BCUT2D eigenvalue weighted by Crippen LogP contribution is -2.13. The first-order valence-corrected chi connectivity index (χ1v) is 10.0. The number of carbonyl (C=O) groups excluding carboxylic acids is 1. The van der Waals surface area contributed by atoms with E-state index in [9.17, 15) is 20.2 Å². The minimum atomic E-state index is -0.725. The zero-order valence-electron chi connectivity index (χ0n) is 17.4. The van der Waals surface area contributed by atoms with Gasteiger partial charge in [-0.3, -0.25) is 14.9 Å². The number of nitrogens with one attached hydrogen (secondary N) is 1. The van der Waals surface area contributed by atoms with Gasteiger partial charge in [0, 0.05) is 11.8 Å². The molecule has 33 heavy (non-hydrogen) atoms. The molecule has 0 bridgehead atoms. The van der Waals surface area contributed by atoms with Gasteiger partial charge >= 0.3 is 0 Å². The van der Waals surface area contributed by atoms with Gasteiger partial charge in [-0.1, -0.05) is 48.0 Å². The van der Waals surface area contributed by atoms with Gasteiger partial charge in [-0.15, -0.1) is 0 Å². The number of nitro groups is 1. The van der Waals surface area contributed by atoms with Crippen LogP contribution in [-0.2, 0) is 11.4 Å². The molecule has 1 N–H and O–H groups in total. The van der Waals surface area contributed by atoms with E-state index in [-0.39, 0.29) is 22.0 Å². The fraction of sp³-hybridized carbons (Fsp3) is 0.0833. The van der Waals surface area contributed by atoms with Crippen LogP contribution in [-0.4, -0.2) is 17.9 Å². The Morgan fingerprint density at radius 1 is 1.15 bits per heavy atom. The van der Waals surface area contributed by atoms with Gasteiger partial charge in [-0.05, 0) is 41.5 Å². The minimum Gasteiger partial charge on any atom is -0.493 e. The Balaban J connectivity index is 1.77. The van der Waals surface area contributed by atoms with E-state index in [1.165, 1.54) is 25.3 Å². The van der Waals surface area contributed by atoms with Crippen molar-refractivity contribution in [2.75, 3.05) is 12.4 Å². The molecule has 0 aromatic heterocycles. The number of rotatable bonds is 8. The quantitative estimate of drug-likeness (QED) is 0.207. The molecule has 0 heterocycles. The summed E-state index contributed by atoms with van der Waals surface area (Å²) >= 11 is 5.78. The Hall–Kier alpha value is -4.35. The highest BCUT2D eigenvalue weighted by atomic mass is 35.5. The van der Waals surface area contributed by atoms with Gasteiger partial charge < -0.3 is 14.8 Å². The number of nitro benzene ring substituents is 1. The molecule has 3 aromatic rings. The number of nitriles is 1. The summed E-state index contributed by atoms with van der Waals surface area (Å²) in [5.74, 6) is 0.220. The van der Waals surface area contributed by atoms with Crippen LogP contribution < -0.4 is 14.8 Å². The number of ether oxygens (including phenoxy) is 2. The SMILES string of the molecule is COc1cc(/C=C(\C#N)C(=O)Nc2ccc(Cl)c([N+](=O)[O-])c2)ccc1OCc1ccccc1. The van der Waals surface area contributed by atoms with Gasteiger partial charge in [0.2, 0.25) is 0 Å². The van der Waals surface area contributed by atoms with Crippen molar-refractivity contribution in [3.05, 3.63) is 98.6 Å². The second kappa shape index (κ2) is 10.8. The van der Waals surface area contributed by atoms with Crippen molar-refractivity contribution in [2.24, 2.45) is 0 Å². The zero-order chi connectivity index (χ0) is 23.8. The van der Waals surface area contributed by atoms with Crippen molar-refractivity contribution < 1.29 is 19.2 Å². The molecule has 8 nitrogen and oxygen atoms in total. The standard InChI is InChI=1S/C24H18ClN3O5/c1-32-23-12-17(7-10-22(23)33-15-16-5-3-2-4-6-16)11-18(14-26)24(29)27-19-8-9-20(25)21(13-19)28(30)31/h2-13H,15H2,1H3,(H,27,29)/b18-11+. The lowest BCUT2D eigenvalue weighted by atomic mass is 10.1. The van der Waals surface area contributed by atoms with Crippen molar-refractivity contribution in [3.8, 4) is 17.6 Å². The number of carbonyl (C=O) groups is 1. The molecule has 9 heteroatoms. The van der Waals surface area contributed by atoms with Gasteiger partial charge in [-0.2, -0.15) is 5.26 Å². The summed E-state index contributed by atoms with van der Waals surface area (Å²) in [6.07, 6.45) is 1.38. The largest absolute Gasteiger partial charge is 0.493 e. The second-order valence-electron chi connectivity index (χ2n) is 6.73. The summed E-state index contributed by atoms with van der Waals surface area (Å²) in [6, 6.07) is 20.3. The lowest BCUT2D eigenvalue weighted by Gasteiger charge is -2.11. The van der Waals surface area contributed by atoms with E-state index in [4.69, 9.17) is 21.1 Å². The molecule has 166 valence electrons. The number of benzene rings is 3. The van der Waals surface area contributed by atoms with E-state index in [1.54, 1.807) is 18.2 Å². The van der Waals surface area contributed by atoms with Gasteiger partial charge in [-0.25, -0.2) is 0 Å². The Morgan fingerprint density at radius 2 is 1.91 bits per heavy atom. The third kappa shape index (κ3) is 6.09. The minimum absolute atomic E-state index is 0.0595. The molecule has 0 radical (unpaired) electrons. The van der Waals surface area contributed by atoms with Crippen molar-refractivity contribution in [1.29, 1.82) is 5.26 Å². The molecule has 0 aliphatic heterocycles. The summed E-state index contributed by atoms with van der Waals surface area (Å²) in [7, 11) is 1.49. The first-order valence-electron chi connectivity index (χ1n) is 9.63. The molecule has 0 aliphatic rings. The molecule has 0 saturated carbocycles. The van der Waals surface area contributed by atoms with Crippen LogP contribution in [0.1, 0.15) is 11.1 Å². The lowest BCUT2D eigenvalue weighted by molar-refractivity contribution is -0.384. The normalized spacial score (nSPS) is 10.8. The number of methoxy groups -OCH3 is 1. The van der Waals surface area contributed by atoms with Crippen LogP contribution in [0, 0.1) is 21.4 Å². The first kappa shape index (κ1) is 23.3. The van der Waals surface area contributed by atoms with Crippen molar-refractivity contribution in [3.63, 3.8) is 0 Å². The molecule has 1 amide bonds. The van der Waals surface area contributed by atoms with Crippen molar-refractivity contribution in [1.82, 2.24) is 0 Å². The van der Waals surface area contributed by atoms with Gasteiger partial charge in [0.1, 0.15) is 23.3 Å². The predicted molar refractivity (Wildman–Crippen MR) is 124 cm³/mol. The molecule has 0 unspecified atom stereocenters.